The lowest BCUT2D eigenvalue weighted by Gasteiger charge is -2.21. The summed E-state index contributed by atoms with van der Waals surface area (Å²) in [7, 11) is -1.76. The van der Waals surface area contributed by atoms with Gasteiger partial charge >= 0.3 is 0 Å². The molecule has 4 N–H and O–H groups in total. The molecule has 1 aromatic rings. The number of nitrogens with zero attached hydrogens (tertiary/aromatic N) is 1. The van der Waals surface area contributed by atoms with Gasteiger partial charge in [-0.25, -0.2) is 13.6 Å². The van der Waals surface area contributed by atoms with Gasteiger partial charge in [0, 0.05) is 13.6 Å². The van der Waals surface area contributed by atoms with E-state index in [1.807, 2.05) is 11.9 Å². The molecule has 6 heteroatoms. The lowest BCUT2D eigenvalue weighted by molar-refractivity contribution is 0.598. The summed E-state index contributed by atoms with van der Waals surface area (Å²) in [5, 5.41) is 5.12. The van der Waals surface area contributed by atoms with Gasteiger partial charge < -0.3 is 10.6 Å². The van der Waals surface area contributed by atoms with E-state index in [1.54, 1.807) is 6.07 Å². The third-order valence-electron chi connectivity index (χ3n) is 3.53. The molecule has 2 unspecified atom stereocenters. The highest BCUT2D eigenvalue weighted by atomic mass is 32.2. The summed E-state index contributed by atoms with van der Waals surface area (Å²) in [6, 6.07) is 4.56. The average Bonchev–Trinajstić information content (AvgIpc) is 2.92. The van der Waals surface area contributed by atoms with Crippen LogP contribution < -0.4 is 15.8 Å². The van der Waals surface area contributed by atoms with E-state index in [-0.39, 0.29) is 4.90 Å². The standard InChI is InChI=1S/C12H19N3O2S/c1-8-5-9(8)7-15(2)12-6-10(18(14,16)17)3-4-11(12)13/h3-4,6,8-9H,5,7,13H2,1-2H3,(H2,14,16,17). The molecular weight excluding hydrogens is 250 g/mol. The molecule has 0 heterocycles. The second-order valence-corrected chi connectivity index (χ2v) is 6.68. The Labute approximate surface area is 108 Å². The molecule has 18 heavy (non-hydrogen) atoms. The van der Waals surface area contributed by atoms with Crippen LogP contribution in [-0.4, -0.2) is 22.0 Å². The van der Waals surface area contributed by atoms with E-state index < -0.39 is 10.0 Å². The molecule has 0 bridgehead atoms. The molecule has 0 amide bonds. The number of hydrogen-bond donors (Lipinski definition) is 2. The predicted molar refractivity (Wildman–Crippen MR) is 72.8 cm³/mol. The summed E-state index contributed by atoms with van der Waals surface area (Å²) in [4.78, 5) is 2.10. The fourth-order valence-electron chi connectivity index (χ4n) is 2.13. The minimum Gasteiger partial charge on any atom is -0.397 e. The molecule has 1 aromatic carbocycles. The Balaban J connectivity index is 2.25. The third-order valence-corrected chi connectivity index (χ3v) is 4.44. The van der Waals surface area contributed by atoms with Crippen molar-refractivity contribution in [2.24, 2.45) is 17.0 Å². The van der Waals surface area contributed by atoms with Crippen molar-refractivity contribution in [1.29, 1.82) is 0 Å². The van der Waals surface area contributed by atoms with E-state index in [2.05, 4.69) is 6.92 Å². The van der Waals surface area contributed by atoms with Crippen LogP contribution >= 0.6 is 0 Å². The van der Waals surface area contributed by atoms with Crippen LogP contribution in [0.1, 0.15) is 13.3 Å². The third kappa shape index (κ3) is 2.76. The molecule has 1 fully saturated rings. The highest BCUT2D eigenvalue weighted by molar-refractivity contribution is 7.89. The topological polar surface area (TPSA) is 89.4 Å². The maximum absolute atomic E-state index is 11.3. The van der Waals surface area contributed by atoms with Gasteiger partial charge in [0.05, 0.1) is 16.3 Å². The zero-order valence-electron chi connectivity index (χ0n) is 10.6. The smallest absolute Gasteiger partial charge is 0.238 e. The zero-order valence-corrected chi connectivity index (χ0v) is 11.4. The molecule has 0 aliphatic heterocycles. The SMILES string of the molecule is CC1CC1CN(C)c1cc(S(N)(=O)=O)ccc1N. The van der Waals surface area contributed by atoms with Crippen LogP contribution in [0.2, 0.25) is 0 Å². The molecule has 1 aliphatic carbocycles. The Morgan fingerprint density at radius 2 is 2.06 bits per heavy atom. The molecule has 2 rings (SSSR count). The summed E-state index contributed by atoms with van der Waals surface area (Å²) in [5.74, 6) is 1.42. The lowest BCUT2D eigenvalue weighted by Crippen LogP contribution is -2.22. The van der Waals surface area contributed by atoms with Gasteiger partial charge in [-0.1, -0.05) is 6.92 Å². The largest absolute Gasteiger partial charge is 0.397 e. The number of sulfonamides is 1. The van der Waals surface area contributed by atoms with Gasteiger partial charge in [-0.05, 0) is 36.5 Å². The predicted octanol–water partition coefficient (Wildman–Crippen LogP) is 1.01. The summed E-state index contributed by atoms with van der Waals surface area (Å²) in [5.41, 5.74) is 7.18. The second-order valence-electron chi connectivity index (χ2n) is 5.12. The Morgan fingerprint density at radius 1 is 1.44 bits per heavy atom. The number of rotatable bonds is 4. The molecule has 5 nitrogen and oxygen atoms in total. The summed E-state index contributed by atoms with van der Waals surface area (Å²) in [6.07, 6.45) is 1.22. The highest BCUT2D eigenvalue weighted by Gasteiger charge is 2.33. The monoisotopic (exact) mass is 269 g/mol. The van der Waals surface area contributed by atoms with E-state index in [4.69, 9.17) is 10.9 Å². The fourth-order valence-corrected chi connectivity index (χ4v) is 2.67. The summed E-state index contributed by atoms with van der Waals surface area (Å²) < 4.78 is 22.6. The van der Waals surface area contributed by atoms with Gasteiger partial charge in [0.15, 0.2) is 0 Å². The molecule has 100 valence electrons. The fraction of sp³-hybridized carbons (Fsp3) is 0.500. The maximum Gasteiger partial charge on any atom is 0.238 e. The van der Waals surface area contributed by atoms with Gasteiger partial charge in [0.25, 0.3) is 0 Å². The molecule has 0 spiro atoms. The normalized spacial score (nSPS) is 22.8. The van der Waals surface area contributed by atoms with Crippen molar-refractivity contribution in [1.82, 2.24) is 0 Å². The van der Waals surface area contributed by atoms with Gasteiger partial charge in [0.2, 0.25) is 10.0 Å². The Hall–Kier alpha value is -1.27. The number of hydrogen-bond acceptors (Lipinski definition) is 4. The van der Waals surface area contributed by atoms with E-state index in [9.17, 15) is 8.42 Å². The number of benzene rings is 1. The van der Waals surface area contributed by atoms with Crippen LogP contribution in [0.3, 0.4) is 0 Å². The Morgan fingerprint density at radius 3 is 2.56 bits per heavy atom. The number of anilines is 2. The van der Waals surface area contributed by atoms with Crippen molar-refractivity contribution >= 4 is 21.4 Å². The van der Waals surface area contributed by atoms with Crippen molar-refractivity contribution in [3.63, 3.8) is 0 Å². The minimum atomic E-state index is -3.68. The van der Waals surface area contributed by atoms with Crippen LogP contribution in [0.15, 0.2) is 23.1 Å². The highest BCUT2D eigenvalue weighted by Crippen LogP contribution is 2.39. The first kappa shape index (κ1) is 13.2. The van der Waals surface area contributed by atoms with E-state index in [1.165, 1.54) is 18.6 Å². The molecule has 1 saturated carbocycles. The minimum absolute atomic E-state index is 0.0994. The summed E-state index contributed by atoms with van der Waals surface area (Å²) in [6.45, 7) is 3.10. The zero-order chi connectivity index (χ0) is 13.5. The summed E-state index contributed by atoms with van der Waals surface area (Å²) >= 11 is 0. The van der Waals surface area contributed by atoms with Crippen LogP contribution in [0.25, 0.3) is 0 Å². The van der Waals surface area contributed by atoms with Crippen LogP contribution in [0, 0.1) is 11.8 Å². The van der Waals surface area contributed by atoms with E-state index in [0.29, 0.717) is 11.6 Å². The maximum atomic E-state index is 11.3. The molecule has 1 aliphatic rings. The second kappa shape index (κ2) is 4.44. The average molecular weight is 269 g/mol. The van der Waals surface area contributed by atoms with Crippen molar-refractivity contribution < 1.29 is 8.42 Å². The number of nitrogen functional groups attached to an aromatic ring is 1. The first-order chi connectivity index (χ1) is 8.29. The molecule has 0 aromatic heterocycles. The molecule has 2 atom stereocenters. The van der Waals surface area contributed by atoms with Crippen molar-refractivity contribution in [3.8, 4) is 0 Å². The van der Waals surface area contributed by atoms with Gasteiger partial charge in [-0.15, -0.1) is 0 Å². The Bertz CT molecular complexity index is 556. The quantitative estimate of drug-likeness (QED) is 0.798. The van der Waals surface area contributed by atoms with Crippen molar-refractivity contribution in [2.45, 2.75) is 18.2 Å². The molecular formula is C12H19N3O2S. The Kier molecular flexibility index (Phi) is 3.25. The van der Waals surface area contributed by atoms with Crippen LogP contribution in [-0.2, 0) is 10.0 Å². The van der Waals surface area contributed by atoms with Crippen molar-refractivity contribution in [3.05, 3.63) is 18.2 Å². The molecule has 0 saturated heterocycles. The first-order valence-corrected chi connectivity index (χ1v) is 7.47. The van der Waals surface area contributed by atoms with Gasteiger partial charge in [-0.2, -0.15) is 0 Å². The number of primary sulfonamides is 1. The molecule has 0 radical (unpaired) electrons. The van der Waals surface area contributed by atoms with E-state index >= 15 is 0 Å². The van der Waals surface area contributed by atoms with E-state index in [0.717, 1.165) is 18.2 Å². The van der Waals surface area contributed by atoms with Crippen LogP contribution in [0.4, 0.5) is 11.4 Å². The lowest BCUT2D eigenvalue weighted by atomic mass is 10.2. The van der Waals surface area contributed by atoms with Gasteiger partial charge in [0.1, 0.15) is 0 Å². The van der Waals surface area contributed by atoms with Crippen LogP contribution in [0.5, 0.6) is 0 Å². The van der Waals surface area contributed by atoms with Crippen molar-refractivity contribution in [2.75, 3.05) is 24.2 Å². The number of nitrogens with two attached hydrogens (primary N) is 2. The van der Waals surface area contributed by atoms with Gasteiger partial charge in [-0.3, -0.25) is 0 Å². The first-order valence-electron chi connectivity index (χ1n) is 5.92.